The summed E-state index contributed by atoms with van der Waals surface area (Å²) in [5.74, 6) is -0.333. The number of fused-ring (bicyclic) bond motifs is 1. The topological polar surface area (TPSA) is 102 Å². The van der Waals surface area contributed by atoms with Crippen LogP contribution in [-0.4, -0.2) is 29.9 Å². The van der Waals surface area contributed by atoms with Crippen LogP contribution in [0.4, 0.5) is 11.4 Å². The van der Waals surface area contributed by atoms with E-state index in [2.05, 4.69) is 5.32 Å². The number of aryl methyl sites for hydroxylation is 1. The molecular formula is C21H23N3O4. The molecule has 0 aromatic heterocycles. The fourth-order valence-corrected chi connectivity index (χ4v) is 3.05. The number of carbonyl (C=O) groups excluding carboxylic acids is 3. The minimum Gasteiger partial charge on any atom is -0.476 e. The van der Waals surface area contributed by atoms with Gasteiger partial charge in [-0.1, -0.05) is 6.07 Å². The van der Waals surface area contributed by atoms with Crippen molar-refractivity contribution in [3.8, 4) is 5.75 Å². The van der Waals surface area contributed by atoms with Gasteiger partial charge < -0.3 is 20.7 Å². The van der Waals surface area contributed by atoms with E-state index in [1.807, 2.05) is 25.1 Å². The highest BCUT2D eigenvalue weighted by atomic mass is 16.5. The highest BCUT2D eigenvalue weighted by Crippen LogP contribution is 2.38. The van der Waals surface area contributed by atoms with Gasteiger partial charge in [0.2, 0.25) is 11.8 Å². The molecule has 2 aromatic rings. The maximum atomic E-state index is 12.8. The Bertz CT molecular complexity index is 935. The maximum absolute atomic E-state index is 12.8. The Balaban J connectivity index is 1.70. The number of benzene rings is 2. The molecule has 28 heavy (non-hydrogen) atoms. The number of amides is 3. The second kappa shape index (κ2) is 7.34. The molecule has 0 atom stereocenters. The second-order valence-corrected chi connectivity index (χ2v) is 7.28. The van der Waals surface area contributed by atoms with Crippen LogP contribution >= 0.6 is 0 Å². The van der Waals surface area contributed by atoms with Gasteiger partial charge in [-0.05, 0) is 62.7 Å². The molecule has 3 rings (SSSR count). The van der Waals surface area contributed by atoms with Gasteiger partial charge in [0.25, 0.3) is 5.91 Å². The first kappa shape index (κ1) is 19.4. The third kappa shape index (κ3) is 3.98. The highest BCUT2D eigenvalue weighted by Gasteiger charge is 2.40. The number of hydrogen-bond acceptors (Lipinski definition) is 4. The van der Waals surface area contributed by atoms with Gasteiger partial charge in [-0.15, -0.1) is 0 Å². The molecule has 0 saturated heterocycles. The van der Waals surface area contributed by atoms with E-state index in [0.717, 1.165) is 5.56 Å². The van der Waals surface area contributed by atoms with E-state index in [0.29, 0.717) is 22.7 Å². The van der Waals surface area contributed by atoms with Gasteiger partial charge in [0.15, 0.2) is 5.60 Å². The summed E-state index contributed by atoms with van der Waals surface area (Å²) >= 11 is 0. The van der Waals surface area contributed by atoms with Gasteiger partial charge in [-0.25, -0.2) is 0 Å². The van der Waals surface area contributed by atoms with E-state index >= 15 is 0 Å². The minimum atomic E-state index is -0.997. The van der Waals surface area contributed by atoms with Gasteiger partial charge in [-0.3, -0.25) is 14.4 Å². The highest BCUT2D eigenvalue weighted by molar-refractivity contribution is 6.03. The molecule has 7 heteroatoms. The molecule has 0 aliphatic carbocycles. The molecule has 0 fully saturated rings. The molecule has 0 bridgehead atoms. The summed E-state index contributed by atoms with van der Waals surface area (Å²) in [7, 11) is 0. The van der Waals surface area contributed by atoms with Crippen molar-refractivity contribution >= 4 is 29.1 Å². The van der Waals surface area contributed by atoms with Crippen LogP contribution in [0.1, 0.15) is 36.2 Å². The smallest absolute Gasteiger partial charge is 0.270 e. The van der Waals surface area contributed by atoms with E-state index in [1.54, 1.807) is 43.0 Å². The Kier molecular flexibility index (Phi) is 5.09. The fourth-order valence-electron chi connectivity index (χ4n) is 3.05. The van der Waals surface area contributed by atoms with Gasteiger partial charge in [0.05, 0.1) is 5.69 Å². The molecule has 3 N–H and O–H groups in total. The Labute approximate surface area is 163 Å². The largest absolute Gasteiger partial charge is 0.476 e. The van der Waals surface area contributed by atoms with Gasteiger partial charge in [0.1, 0.15) is 5.75 Å². The summed E-state index contributed by atoms with van der Waals surface area (Å²) < 4.78 is 5.82. The molecule has 0 spiro atoms. The Hall–Kier alpha value is -3.35. The van der Waals surface area contributed by atoms with Crippen molar-refractivity contribution in [1.82, 2.24) is 0 Å². The zero-order valence-electron chi connectivity index (χ0n) is 16.1. The van der Waals surface area contributed by atoms with Crippen molar-refractivity contribution < 1.29 is 19.1 Å². The molecule has 0 radical (unpaired) electrons. The summed E-state index contributed by atoms with van der Waals surface area (Å²) in [5.41, 5.74) is 6.80. The standard InChI is InChI=1S/C21H23N3O4/c1-13-4-9-17-16(12-13)24(20(27)21(2,3)28-17)11-10-18(25)23-15-7-5-14(6-8-15)19(22)26/h4-9,12H,10-11H2,1-3H3,(H2,22,26)(H,23,25). The number of nitrogens with zero attached hydrogens (tertiary/aromatic N) is 1. The molecule has 146 valence electrons. The molecule has 1 aliphatic rings. The zero-order chi connectivity index (χ0) is 20.5. The number of anilines is 2. The summed E-state index contributed by atoms with van der Waals surface area (Å²) in [6.45, 7) is 5.59. The minimum absolute atomic E-state index is 0.118. The zero-order valence-corrected chi connectivity index (χ0v) is 16.1. The van der Waals surface area contributed by atoms with Crippen LogP contribution < -0.4 is 20.7 Å². The quantitative estimate of drug-likeness (QED) is 0.831. The first-order valence-electron chi connectivity index (χ1n) is 8.99. The lowest BCUT2D eigenvalue weighted by Crippen LogP contribution is -2.53. The van der Waals surface area contributed by atoms with Crippen LogP contribution in [0.15, 0.2) is 42.5 Å². The summed E-state index contributed by atoms with van der Waals surface area (Å²) in [4.78, 5) is 37.9. The average molecular weight is 381 g/mol. The number of ether oxygens (including phenoxy) is 1. The SMILES string of the molecule is Cc1ccc2c(c1)N(CCC(=O)Nc1ccc(C(N)=O)cc1)C(=O)C(C)(C)O2. The van der Waals surface area contributed by atoms with Crippen LogP contribution in [0.3, 0.4) is 0 Å². The van der Waals surface area contributed by atoms with E-state index < -0.39 is 11.5 Å². The molecule has 1 aliphatic heterocycles. The monoisotopic (exact) mass is 381 g/mol. The first-order valence-corrected chi connectivity index (χ1v) is 8.99. The summed E-state index contributed by atoms with van der Waals surface area (Å²) in [6.07, 6.45) is 0.118. The number of nitrogens with one attached hydrogen (secondary N) is 1. The van der Waals surface area contributed by atoms with Crippen LogP contribution in [0, 0.1) is 6.92 Å². The van der Waals surface area contributed by atoms with Crippen LogP contribution in [0.5, 0.6) is 5.75 Å². The number of rotatable bonds is 5. The van der Waals surface area contributed by atoms with Crippen molar-refractivity contribution in [3.63, 3.8) is 0 Å². The number of primary amides is 1. The molecule has 0 saturated carbocycles. The molecular weight excluding hydrogens is 358 g/mol. The van der Waals surface area contributed by atoms with Crippen LogP contribution in [0.25, 0.3) is 0 Å². The average Bonchev–Trinajstić information content (AvgIpc) is 2.63. The predicted molar refractivity (Wildman–Crippen MR) is 106 cm³/mol. The summed E-state index contributed by atoms with van der Waals surface area (Å²) in [6, 6.07) is 12.0. The van der Waals surface area contributed by atoms with Crippen molar-refractivity contribution in [2.45, 2.75) is 32.8 Å². The van der Waals surface area contributed by atoms with E-state index in [9.17, 15) is 14.4 Å². The fraction of sp³-hybridized carbons (Fsp3) is 0.286. The lowest BCUT2D eigenvalue weighted by atomic mass is 10.0. The summed E-state index contributed by atoms with van der Waals surface area (Å²) in [5, 5.41) is 2.76. The maximum Gasteiger partial charge on any atom is 0.270 e. The predicted octanol–water partition coefficient (Wildman–Crippen LogP) is 2.63. The Morgan fingerprint density at radius 2 is 1.82 bits per heavy atom. The number of hydrogen-bond donors (Lipinski definition) is 2. The van der Waals surface area contributed by atoms with Gasteiger partial charge in [-0.2, -0.15) is 0 Å². The number of nitrogens with two attached hydrogens (primary N) is 1. The van der Waals surface area contributed by atoms with Crippen LogP contribution in [-0.2, 0) is 9.59 Å². The lowest BCUT2D eigenvalue weighted by Gasteiger charge is -2.38. The van der Waals surface area contributed by atoms with Crippen LogP contribution in [0.2, 0.25) is 0 Å². The lowest BCUT2D eigenvalue weighted by molar-refractivity contribution is -0.132. The van der Waals surface area contributed by atoms with Crippen molar-refractivity contribution in [2.24, 2.45) is 5.73 Å². The third-order valence-electron chi connectivity index (χ3n) is 4.55. The van der Waals surface area contributed by atoms with Gasteiger partial charge in [0, 0.05) is 24.2 Å². The molecule has 2 aromatic carbocycles. The molecule has 1 heterocycles. The molecule has 7 nitrogen and oxygen atoms in total. The molecule has 3 amide bonds. The van der Waals surface area contributed by atoms with E-state index in [4.69, 9.17) is 10.5 Å². The van der Waals surface area contributed by atoms with Crippen molar-refractivity contribution in [3.05, 3.63) is 53.6 Å². The van der Waals surface area contributed by atoms with Crippen molar-refractivity contribution in [2.75, 3.05) is 16.8 Å². The van der Waals surface area contributed by atoms with Crippen molar-refractivity contribution in [1.29, 1.82) is 0 Å². The third-order valence-corrected chi connectivity index (χ3v) is 4.55. The Morgan fingerprint density at radius 1 is 1.14 bits per heavy atom. The first-order chi connectivity index (χ1) is 13.2. The Morgan fingerprint density at radius 3 is 2.46 bits per heavy atom. The van der Waals surface area contributed by atoms with E-state index in [1.165, 1.54) is 0 Å². The van der Waals surface area contributed by atoms with E-state index in [-0.39, 0.29) is 24.8 Å². The molecule has 0 unspecified atom stereocenters. The van der Waals surface area contributed by atoms with Gasteiger partial charge >= 0.3 is 0 Å². The second-order valence-electron chi connectivity index (χ2n) is 7.28. The normalized spacial score (nSPS) is 14.8. The number of carbonyl (C=O) groups is 3.